The van der Waals surface area contributed by atoms with E-state index in [0.717, 1.165) is 5.56 Å². The Balaban J connectivity index is 1.62. The summed E-state index contributed by atoms with van der Waals surface area (Å²) in [5, 5.41) is 7.82. The van der Waals surface area contributed by atoms with Gasteiger partial charge < -0.3 is 29.3 Å². The van der Waals surface area contributed by atoms with Crippen LogP contribution < -0.4 is 19.7 Å². The minimum atomic E-state index is -4.87. The second-order valence-corrected chi connectivity index (χ2v) is 10.2. The zero-order valence-electron chi connectivity index (χ0n) is 24.2. The summed E-state index contributed by atoms with van der Waals surface area (Å²) in [4.78, 5) is 32.4. The number of esters is 1. The molecule has 0 spiro atoms. The molecule has 1 aliphatic rings. The van der Waals surface area contributed by atoms with Crippen LogP contribution in [0.4, 0.5) is 24.5 Å². The van der Waals surface area contributed by atoms with Gasteiger partial charge in [-0.25, -0.2) is 0 Å². The molecule has 234 valence electrons. The van der Waals surface area contributed by atoms with Crippen LogP contribution in [-0.2, 0) is 25.6 Å². The Morgan fingerprint density at radius 1 is 1.07 bits per heavy atom. The molecule has 0 saturated carbocycles. The minimum absolute atomic E-state index is 0.0332. The van der Waals surface area contributed by atoms with E-state index >= 15 is 0 Å². The first kappa shape index (κ1) is 32.5. The quantitative estimate of drug-likeness (QED) is 0.103. The number of benzene rings is 3. The summed E-state index contributed by atoms with van der Waals surface area (Å²) in [5.74, 6) is -0.736. The summed E-state index contributed by atoms with van der Waals surface area (Å²) in [6.07, 6.45) is -4.35. The van der Waals surface area contributed by atoms with Crippen LogP contribution in [0.25, 0.3) is 0 Å². The average molecular weight is 634 g/mol. The van der Waals surface area contributed by atoms with Crippen LogP contribution in [0.3, 0.4) is 0 Å². The Labute approximate surface area is 257 Å². The number of rotatable bonds is 12. The smallest absolute Gasteiger partial charge is 0.497 e. The number of nitrogens with zero attached hydrogens (tertiary/aromatic N) is 2. The maximum atomic E-state index is 14.1. The van der Waals surface area contributed by atoms with Crippen molar-refractivity contribution >= 4 is 40.6 Å². The molecule has 0 bridgehead atoms. The number of alkyl halides is 3. The molecule has 3 aromatic carbocycles. The Hall–Kier alpha value is -4.45. The summed E-state index contributed by atoms with van der Waals surface area (Å²) in [7, 11) is 1.49. The molecule has 3 aromatic rings. The van der Waals surface area contributed by atoms with E-state index in [0.29, 0.717) is 45.4 Å². The monoisotopic (exact) mass is 633 g/mol. The highest BCUT2D eigenvalue weighted by Gasteiger charge is 2.34. The first-order chi connectivity index (χ1) is 21.0. The van der Waals surface area contributed by atoms with Crippen molar-refractivity contribution in [2.24, 2.45) is 5.16 Å². The number of carbonyl (C=O) groups is 2. The maximum absolute atomic E-state index is 14.1. The van der Waals surface area contributed by atoms with Crippen molar-refractivity contribution in [1.29, 1.82) is 0 Å². The fourth-order valence-corrected chi connectivity index (χ4v) is 4.74. The molecule has 1 atom stereocenters. The molecular weight excluding hydrogens is 603 g/mol. The number of ether oxygens (including phenoxy) is 3. The van der Waals surface area contributed by atoms with E-state index in [2.05, 4.69) is 15.2 Å². The zero-order valence-corrected chi connectivity index (χ0v) is 25.0. The summed E-state index contributed by atoms with van der Waals surface area (Å²) in [6, 6.07) is 14.9. The van der Waals surface area contributed by atoms with Gasteiger partial charge >= 0.3 is 12.3 Å². The molecule has 1 heterocycles. The highest BCUT2D eigenvalue weighted by Crippen LogP contribution is 2.36. The van der Waals surface area contributed by atoms with Gasteiger partial charge in [-0.3, -0.25) is 9.59 Å². The van der Waals surface area contributed by atoms with E-state index in [1.54, 1.807) is 56.3 Å². The van der Waals surface area contributed by atoms with Crippen molar-refractivity contribution in [2.45, 2.75) is 39.1 Å². The van der Waals surface area contributed by atoms with E-state index in [4.69, 9.17) is 25.9 Å². The molecule has 0 aliphatic carbocycles. The van der Waals surface area contributed by atoms with Crippen molar-refractivity contribution < 1.29 is 41.8 Å². The van der Waals surface area contributed by atoms with Gasteiger partial charge in [0, 0.05) is 35.0 Å². The first-order valence-electron chi connectivity index (χ1n) is 13.7. The van der Waals surface area contributed by atoms with Crippen LogP contribution in [-0.4, -0.2) is 50.8 Å². The standard InChI is InChI=1S/C31H31ClF3N3O6/c1-4-42-28(39)12-14-43-37-19(2)22-15-24(17-26(16-22)41-3)36-29(21-5-8-23(32)9-6-21)30(40)38-13-11-20-7-10-25(18-27(20)38)44-31(33,34)35/h5-10,15-18,29,36H,4,11-14H2,1-3H3. The SMILES string of the molecule is CCOC(=O)CCON=C(C)c1cc(NC(C(=O)N2CCc3ccc(OC(F)(F)F)cc32)c2ccc(Cl)cc2)cc(OC)c1. The average Bonchev–Trinajstić information content (AvgIpc) is 3.40. The first-order valence-corrected chi connectivity index (χ1v) is 14.1. The predicted octanol–water partition coefficient (Wildman–Crippen LogP) is 6.68. The number of carbonyl (C=O) groups excluding carboxylic acids is 2. The number of methoxy groups -OCH3 is 1. The van der Waals surface area contributed by atoms with Crippen molar-refractivity contribution in [3.05, 3.63) is 82.4 Å². The zero-order chi connectivity index (χ0) is 31.9. The van der Waals surface area contributed by atoms with E-state index < -0.39 is 30.0 Å². The van der Waals surface area contributed by atoms with Crippen molar-refractivity contribution in [1.82, 2.24) is 0 Å². The van der Waals surface area contributed by atoms with Crippen LogP contribution in [0.5, 0.6) is 11.5 Å². The van der Waals surface area contributed by atoms with Gasteiger partial charge in [0.05, 0.1) is 31.5 Å². The molecule has 0 saturated heterocycles. The van der Waals surface area contributed by atoms with Crippen LogP contribution in [0, 0.1) is 0 Å². The Bertz CT molecular complexity index is 1510. The number of hydrogen-bond donors (Lipinski definition) is 1. The lowest BCUT2D eigenvalue weighted by molar-refractivity contribution is -0.274. The molecule has 13 heteroatoms. The normalized spacial score (nSPS) is 13.6. The van der Waals surface area contributed by atoms with Gasteiger partial charge in [0.2, 0.25) is 0 Å². The van der Waals surface area contributed by atoms with Crippen LogP contribution >= 0.6 is 11.6 Å². The molecule has 1 amide bonds. The van der Waals surface area contributed by atoms with Crippen molar-refractivity contribution in [3.63, 3.8) is 0 Å². The second kappa shape index (κ2) is 14.3. The van der Waals surface area contributed by atoms with Gasteiger partial charge in [-0.1, -0.05) is 35.0 Å². The number of amides is 1. The predicted molar refractivity (Wildman–Crippen MR) is 159 cm³/mol. The highest BCUT2D eigenvalue weighted by molar-refractivity contribution is 6.30. The van der Waals surface area contributed by atoms with E-state index in [1.165, 1.54) is 30.2 Å². The highest BCUT2D eigenvalue weighted by atomic mass is 35.5. The molecule has 0 fully saturated rings. The summed E-state index contributed by atoms with van der Waals surface area (Å²) in [6.45, 7) is 4.01. The van der Waals surface area contributed by atoms with Gasteiger partial charge in [0.25, 0.3) is 5.91 Å². The fraction of sp³-hybridized carbons (Fsp3) is 0.323. The third kappa shape index (κ3) is 8.56. The van der Waals surface area contributed by atoms with Gasteiger partial charge in [-0.2, -0.15) is 0 Å². The number of halogens is 4. The van der Waals surface area contributed by atoms with E-state index in [9.17, 15) is 22.8 Å². The van der Waals surface area contributed by atoms with Crippen LogP contribution in [0.1, 0.15) is 43.0 Å². The fourth-order valence-electron chi connectivity index (χ4n) is 4.62. The third-order valence-corrected chi connectivity index (χ3v) is 6.93. The molecule has 4 rings (SSSR count). The van der Waals surface area contributed by atoms with Gasteiger partial charge in [-0.15, -0.1) is 13.2 Å². The molecule has 0 aromatic heterocycles. The number of oxime groups is 1. The van der Waals surface area contributed by atoms with Gasteiger partial charge in [0.1, 0.15) is 24.1 Å². The Morgan fingerprint density at radius 2 is 1.82 bits per heavy atom. The Kier molecular flexibility index (Phi) is 10.6. The molecule has 1 aliphatic heterocycles. The summed E-state index contributed by atoms with van der Waals surface area (Å²) < 4.78 is 53.2. The number of anilines is 2. The third-order valence-electron chi connectivity index (χ3n) is 6.68. The summed E-state index contributed by atoms with van der Waals surface area (Å²) in [5.41, 5.74) is 3.24. The number of nitrogens with one attached hydrogen (secondary N) is 1. The number of fused-ring (bicyclic) bond motifs is 1. The molecule has 0 radical (unpaired) electrons. The van der Waals surface area contributed by atoms with Crippen molar-refractivity contribution in [3.8, 4) is 11.5 Å². The van der Waals surface area contributed by atoms with E-state index in [1.807, 2.05) is 0 Å². The Morgan fingerprint density at radius 3 is 2.50 bits per heavy atom. The van der Waals surface area contributed by atoms with Gasteiger partial charge in [-0.05, 0) is 61.7 Å². The lowest BCUT2D eigenvalue weighted by Crippen LogP contribution is -2.37. The summed E-state index contributed by atoms with van der Waals surface area (Å²) >= 11 is 6.11. The van der Waals surface area contributed by atoms with E-state index in [-0.39, 0.29) is 26.2 Å². The maximum Gasteiger partial charge on any atom is 0.573 e. The van der Waals surface area contributed by atoms with Crippen molar-refractivity contribution in [2.75, 3.05) is 37.1 Å². The molecule has 9 nitrogen and oxygen atoms in total. The molecule has 44 heavy (non-hydrogen) atoms. The lowest BCUT2D eigenvalue weighted by Gasteiger charge is -2.27. The van der Waals surface area contributed by atoms with Gasteiger partial charge in [0.15, 0.2) is 0 Å². The molecule has 1 unspecified atom stereocenters. The second-order valence-electron chi connectivity index (χ2n) is 9.72. The molecular formula is C31H31ClF3N3O6. The topological polar surface area (TPSA) is 98.7 Å². The van der Waals surface area contributed by atoms with Crippen LogP contribution in [0.2, 0.25) is 5.02 Å². The molecule has 1 N–H and O–H groups in total. The lowest BCUT2D eigenvalue weighted by atomic mass is 10.0. The van der Waals surface area contributed by atoms with Crippen LogP contribution in [0.15, 0.2) is 65.8 Å². The largest absolute Gasteiger partial charge is 0.573 e. The number of hydrogen-bond acceptors (Lipinski definition) is 8. The minimum Gasteiger partial charge on any atom is -0.497 e.